The lowest BCUT2D eigenvalue weighted by atomic mass is 10.0. The van der Waals surface area contributed by atoms with Crippen LogP contribution in [0.25, 0.3) is 5.57 Å². The highest BCUT2D eigenvalue weighted by molar-refractivity contribution is 5.87. The second kappa shape index (κ2) is 9.28. The first-order valence-electron chi connectivity index (χ1n) is 10.8. The predicted molar refractivity (Wildman–Crippen MR) is 118 cm³/mol. The molecule has 0 bridgehead atoms. The average Bonchev–Trinajstić information content (AvgIpc) is 3.50. The molecule has 0 spiro atoms. The third-order valence-electron chi connectivity index (χ3n) is 6.02. The maximum atomic E-state index is 14.5. The normalized spacial score (nSPS) is 19.6. The minimum atomic E-state index is -0.487. The number of halogens is 2. The summed E-state index contributed by atoms with van der Waals surface area (Å²) in [7, 11) is 4.01. The molecule has 0 unspecified atom stereocenters. The minimum Gasteiger partial charge on any atom is -0.326 e. The summed E-state index contributed by atoms with van der Waals surface area (Å²) >= 11 is 0. The van der Waals surface area contributed by atoms with Crippen molar-refractivity contribution >= 4 is 11.5 Å². The maximum absolute atomic E-state index is 14.5. The predicted octanol–water partition coefficient (Wildman–Crippen LogP) is 3.86. The van der Waals surface area contributed by atoms with Crippen molar-refractivity contribution in [2.24, 2.45) is 5.92 Å². The lowest BCUT2D eigenvalue weighted by Crippen LogP contribution is -2.49. The molecule has 4 nitrogen and oxygen atoms in total. The summed E-state index contributed by atoms with van der Waals surface area (Å²) in [6, 6.07) is 12.6. The topological polar surface area (TPSA) is 35.6 Å². The molecule has 4 rings (SSSR count). The maximum Gasteiger partial charge on any atom is 0.241 e. The Kier molecular flexibility index (Phi) is 6.49. The summed E-state index contributed by atoms with van der Waals surface area (Å²) in [5, 5.41) is 3.45. The molecule has 1 fully saturated rings. The van der Waals surface area contributed by atoms with Gasteiger partial charge in [-0.1, -0.05) is 36.4 Å². The van der Waals surface area contributed by atoms with Gasteiger partial charge in [-0.15, -0.1) is 0 Å². The number of nitrogens with zero attached hydrogens (tertiary/aromatic N) is 2. The largest absolute Gasteiger partial charge is 0.326 e. The van der Waals surface area contributed by atoms with Crippen molar-refractivity contribution in [1.29, 1.82) is 0 Å². The number of amides is 1. The van der Waals surface area contributed by atoms with Crippen molar-refractivity contribution in [2.45, 2.75) is 24.9 Å². The monoisotopic (exact) mass is 425 g/mol. The highest BCUT2D eigenvalue weighted by Crippen LogP contribution is 2.39. The Morgan fingerprint density at radius 1 is 1.16 bits per heavy atom. The van der Waals surface area contributed by atoms with E-state index in [-0.39, 0.29) is 30.1 Å². The molecule has 2 aromatic rings. The van der Waals surface area contributed by atoms with Crippen molar-refractivity contribution < 1.29 is 13.6 Å². The molecule has 2 atom stereocenters. The molecule has 1 heterocycles. The number of nitrogens with one attached hydrogen (secondary N) is 1. The molecule has 1 aliphatic carbocycles. The SMILES string of the molecule is CN(C)CCN[C@H](C(=O)N1CC(c2cc(F)ccc2F)=C[C@H]1c1ccccc1)C1CC1. The Balaban J connectivity index is 1.62. The number of likely N-dealkylation sites (N-methyl/N-ethyl adjacent to an activating group) is 1. The molecule has 1 amide bonds. The fourth-order valence-electron chi connectivity index (χ4n) is 4.18. The molecular formula is C25H29F2N3O. The van der Waals surface area contributed by atoms with Crippen LogP contribution in [0.2, 0.25) is 0 Å². The van der Waals surface area contributed by atoms with Crippen LogP contribution in [-0.2, 0) is 4.79 Å². The number of carbonyl (C=O) groups excluding carboxylic acids is 1. The molecule has 31 heavy (non-hydrogen) atoms. The zero-order valence-corrected chi connectivity index (χ0v) is 18.0. The molecule has 164 valence electrons. The van der Waals surface area contributed by atoms with Crippen LogP contribution in [0.5, 0.6) is 0 Å². The Morgan fingerprint density at radius 2 is 1.90 bits per heavy atom. The van der Waals surface area contributed by atoms with Crippen LogP contribution in [-0.4, -0.2) is 55.5 Å². The molecule has 1 aliphatic heterocycles. The summed E-state index contributed by atoms with van der Waals surface area (Å²) in [5.41, 5.74) is 1.83. The number of hydrogen-bond donors (Lipinski definition) is 1. The first-order valence-corrected chi connectivity index (χ1v) is 10.8. The van der Waals surface area contributed by atoms with Gasteiger partial charge in [-0.25, -0.2) is 8.78 Å². The summed E-state index contributed by atoms with van der Waals surface area (Å²) in [4.78, 5) is 17.5. The molecule has 1 saturated carbocycles. The van der Waals surface area contributed by atoms with E-state index >= 15 is 0 Å². The quantitative estimate of drug-likeness (QED) is 0.698. The van der Waals surface area contributed by atoms with Gasteiger partial charge in [-0.2, -0.15) is 0 Å². The lowest BCUT2D eigenvalue weighted by Gasteiger charge is -2.30. The van der Waals surface area contributed by atoms with E-state index in [1.54, 1.807) is 4.90 Å². The number of benzene rings is 2. The number of carbonyl (C=O) groups is 1. The zero-order chi connectivity index (χ0) is 22.0. The number of rotatable bonds is 8. The highest BCUT2D eigenvalue weighted by atomic mass is 19.1. The second-order valence-electron chi connectivity index (χ2n) is 8.71. The van der Waals surface area contributed by atoms with E-state index in [1.807, 2.05) is 50.5 Å². The van der Waals surface area contributed by atoms with Gasteiger partial charge in [0.15, 0.2) is 0 Å². The van der Waals surface area contributed by atoms with Crippen molar-refractivity contribution in [3.63, 3.8) is 0 Å². The smallest absolute Gasteiger partial charge is 0.241 e. The number of hydrogen-bond acceptors (Lipinski definition) is 3. The van der Waals surface area contributed by atoms with Gasteiger partial charge in [0.2, 0.25) is 5.91 Å². The fraction of sp³-hybridized carbons (Fsp3) is 0.400. The van der Waals surface area contributed by atoms with Crippen molar-refractivity contribution in [3.05, 3.63) is 77.4 Å². The molecule has 6 heteroatoms. The third-order valence-corrected chi connectivity index (χ3v) is 6.02. The van der Waals surface area contributed by atoms with E-state index in [9.17, 15) is 13.6 Å². The third kappa shape index (κ3) is 5.02. The van der Waals surface area contributed by atoms with E-state index in [4.69, 9.17) is 0 Å². The van der Waals surface area contributed by atoms with E-state index in [2.05, 4.69) is 10.2 Å². The Hall–Kier alpha value is -2.57. The first-order chi connectivity index (χ1) is 14.9. The van der Waals surface area contributed by atoms with E-state index in [1.165, 1.54) is 6.07 Å². The summed E-state index contributed by atoms with van der Waals surface area (Å²) in [5.74, 6) is -0.602. The molecule has 2 aliphatic rings. The standard InChI is InChI=1S/C25H29F2N3O/c1-29(2)13-12-28-24(18-8-9-18)25(31)30-16-19(21-15-20(26)10-11-22(21)27)14-23(30)17-6-4-3-5-7-17/h3-7,10-11,14-15,18,23-24,28H,8-9,12-13,16H2,1-2H3/t23-,24-/m0/s1. The second-order valence-corrected chi connectivity index (χ2v) is 8.71. The van der Waals surface area contributed by atoms with Crippen LogP contribution in [0.3, 0.4) is 0 Å². The van der Waals surface area contributed by atoms with Crippen LogP contribution in [0, 0.1) is 17.6 Å². The fourth-order valence-corrected chi connectivity index (χ4v) is 4.18. The van der Waals surface area contributed by atoms with Crippen LogP contribution >= 0.6 is 0 Å². The van der Waals surface area contributed by atoms with Crippen molar-refractivity contribution in [1.82, 2.24) is 15.1 Å². The van der Waals surface area contributed by atoms with Gasteiger partial charge in [0.1, 0.15) is 11.6 Å². The first kappa shape index (κ1) is 21.7. The average molecular weight is 426 g/mol. The molecule has 1 N–H and O–H groups in total. The van der Waals surface area contributed by atoms with E-state index in [0.717, 1.165) is 43.6 Å². The van der Waals surface area contributed by atoms with Crippen LogP contribution in [0.4, 0.5) is 8.78 Å². The highest BCUT2D eigenvalue weighted by Gasteiger charge is 2.41. The van der Waals surface area contributed by atoms with Gasteiger partial charge in [-0.05, 0) is 62.2 Å². The Labute approximate surface area is 182 Å². The molecule has 2 aromatic carbocycles. The summed E-state index contributed by atoms with van der Waals surface area (Å²) in [6.45, 7) is 1.83. The minimum absolute atomic E-state index is 0.0261. The molecule has 0 radical (unpaired) electrons. The Morgan fingerprint density at radius 3 is 2.58 bits per heavy atom. The van der Waals surface area contributed by atoms with Crippen LogP contribution in [0.15, 0.2) is 54.6 Å². The van der Waals surface area contributed by atoms with Gasteiger partial charge in [0.05, 0.1) is 12.1 Å². The summed E-state index contributed by atoms with van der Waals surface area (Å²) in [6.07, 6.45) is 3.97. The van der Waals surface area contributed by atoms with Gasteiger partial charge in [0.25, 0.3) is 0 Å². The van der Waals surface area contributed by atoms with Gasteiger partial charge in [-0.3, -0.25) is 4.79 Å². The molecule has 0 saturated heterocycles. The summed E-state index contributed by atoms with van der Waals surface area (Å²) < 4.78 is 28.3. The Bertz CT molecular complexity index is 956. The van der Waals surface area contributed by atoms with Crippen LogP contribution < -0.4 is 5.32 Å². The van der Waals surface area contributed by atoms with Gasteiger partial charge >= 0.3 is 0 Å². The lowest BCUT2D eigenvalue weighted by molar-refractivity contribution is -0.134. The van der Waals surface area contributed by atoms with Crippen molar-refractivity contribution in [2.75, 3.05) is 33.7 Å². The van der Waals surface area contributed by atoms with Crippen molar-refractivity contribution in [3.8, 4) is 0 Å². The molecular weight excluding hydrogens is 396 g/mol. The van der Waals surface area contributed by atoms with Crippen LogP contribution in [0.1, 0.15) is 30.0 Å². The van der Waals surface area contributed by atoms with E-state index in [0.29, 0.717) is 11.5 Å². The van der Waals surface area contributed by atoms with E-state index < -0.39 is 11.6 Å². The molecule has 0 aromatic heterocycles. The zero-order valence-electron chi connectivity index (χ0n) is 18.0. The van der Waals surface area contributed by atoms with Gasteiger partial charge in [0, 0.05) is 25.2 Å². The van der Waals surface area contributed by atoms with Gasteiger partial charge < -0.3 is 15.1 Å².